The zero-order valence-electron chi connectivity index (χ0n) is 24.3. The minimum atomic E-state index is -4.12. The van der Waals surface area contributed by atoms with Gasteiger partial charge in [-0.15, -0.1) is 11.8 Å². The Morgan fingerprint density at radius 3 is 2.05 bits per heavy atom. The summed E-state index contributed by atoms with van der Waals surface area (Å²) >= 11 is 7.59. The quantitative estimate of drug-likeness (QED) is 0.256. The van der Waals surface area contributed by atoms with E-state index in [2.05, 4.69) is 5.32 Å². The number of hydrogen-bond donors (Lipinski definition) is 1. The summed E-state index contributed by atoms with van der Waals surface area (Å²) in [6, 6.07) is 19.7. The molecule has 0 aromatic heterocycles. The molecule has 41 heavy (non-hydrogen) atoms. The van der Waals surface area contributed by atoms with Gasteiger partial charge in [-0.25, -0.2) is 8.42 Å². The molecule has 0 aliphatic heterocycles. The molecule has 1 unspecified atom stereocenters. The number of benzene rings is 3. The lowest BCUT2D eigenvalue weighted by molar-refractivity contribution is -0.141. The minimum absolute atomic E-state index is 0.0745. The number of sulfonamides is 1. The fourth-order valence-corrected chi connectivity index (χ4v) is 6.22. The SMILES string of the molecule is CCC(C(=O)NC(C)(C)C)N(Cc1ccc(Cl)cc1)C(=O)CN(c1ccc(C)cc1)S(=O)(=O)c1ccc(SC)cc1. The van der Waals surface area contributed by atoms with E-state index in [-0.39, 0.29) is 17.3 Å². The molecule has 220 valence electrons. The van der Waals surface area contributed by atoms with Crippen molar-refractivity contribution in [2.75, 3.05) is 17.1 Å². The molecular formula is C31H38ClN3O4S2. The maximum absolute atomic E-state index is 14.1. The predicted octanol–water partition coefficient (Wildman–Crippen LogP) is 6.29. The van der Waals surface area contributed by atoms with E-state index in [0.717, 1.165) is 20.3 Å². The second-order valence-electron chi connectivity index (χ2n) is 10.8. The van der Waals surface area contributed by atoms with Crippen LogP contribution in [-0.4, -0.2) is 49.5 Å². The van der Waals surface area contributed by atoms with Crippen LogP contribution in [0.3, 0.4) is 0 Å². The molecule has 1 atom stereocenters. The number of carbonyl (C=O) groups excluding carboxylic acids is 2. The minimum Gasteiger partial charge on any atom is -0.350 e. The maximum atomic E-state index is 14.1. The molecular weight excluding hydrogens is 578 g/mol. The van der Waals surface area contributed by atoms with Crippen molar-refractivity contribution in [3.8, 4) is 0 Å². The topological polar surface area (TPSA) is 86.8 Å². The Morgan fingerprint density at radius 1 is 0.951 bits per heavy atom. The number of amides is 2. The Bertz CT molecular complexity index is 1440. The number of carbonyl (C=O) groups is 2. The Kier molecular flexibility index (Phi) is 10.9. The van der Waals surface area contributed by atoms with Gasteiger partial charge in [0.15, 0.2) is 0 Å². The van der Waals surface area contributed by atoms with Crippen molar-refractivity contribution in [2.24, 2.45) is 0 Å². The van der Waals surface area contributed by atoms with Crippen LogP contribution in [0.25, 0.3) is 0 Å². The molecule has 0 aliphatic carbocycles. The maximum Gasteiger partial charge on any atom is 0.264 e. The van der Waals surface area contributed by atoms with Crippen LogP contribution in [0.4, 0.5) is 5.69 Å². The van der Waals surface area contributed by atoms with E-state index < -0.39 is 34.1 Å². The zero-order chi connectivity index (χ0) is 30.4. The number of rotatable bonds is 11. The van der Waals surface area contributed by atoms with E-state index in [4.69, 9.17) is 11.6 Å². The lowest BCUT2D eigenvalue weighted by Crippen LogP contribution is -2.55. The third-order valence-electron chi connectivity index (χ3n) is 6.40. The molecule has 10 heteroatoms. The molecule has 0 saturated carbocycles. The highest BCUT2D eigenvalue weighted by atomic mass is 35.5. The van der Waals surface area contributed by atoms with Crippen molar-refractivity contribution in [2.45, 2.75) is 69.0 Å². The van der Waals surface area contributed by atoms with Crippen LogP contribution in [-0.2, 0) is 26.2 Å². The van der Waals surface area contributed by atoms with Crippen LogP contribution < -0.4 is 9.62 Å². The van der Waals surface area contributed by atoms with Crippen LogP contribution in [0.15, 0.2) is 82.6 Å². The van der Waals surface area contributed by atoms with E-state index in [1.54, 1.807) is 72.8 Å². The molecule has 0 bridgehead atoms. The lowest BCUT2D eigenvalue weighted by atomic mass is 10.1. The Hall–Kier alpha value is -3.01. The number of nitrogens with zero attached hydrogens (tertiary/aromatic N) is 2. The average molecular weight is 616 g/mol. The molecule has 0 heterocycles. The highest BCUT2D eigenvalue weighted by Crippen LogP contribution is 2.27. The molecule has 2 amide bonds. The van der Waals surface area contributed by atoms with Crippen molar-refractivity contribution in [3.05, 3.63) is 88.9 Å². The third-order valence-corrected chi connectivity index (χ3v) is 9.18. The summed E-state index contributed by atoms with van der Waals surface area (Å²) in [7, 11) is -4.12. The number of anilines is 1. The van der Waals surface area contributed by atoms with E-state index in [1.165, 1.54) is 16.7 Å². The first-order chi connectivity index (χ1) is 19.2. The number of aryl methyl sites for hydroxylation is 1. The summed E-state index contributed by atoms with van der Waals surface area (Å²) in [5.41, 5.74) is 1.56. The molecule has 0 radical (unpaired) electrons. The van der Waals surface area contributed by atoms with Crippen LogP contribution >= 0.6 is 23.4 Å². The van der Waals surface area contributed by atoms with E-state index in [9.17, 15) is 18.0 Å². The number of thioether (sulfide) groups is 1. The molecule has 3 aromatic rings. The second-order valence-corrected chi connectivity index (χ2v) is 14.0. The predicted molar refractivity (Wildman–Crippen MR) is 168 cm³/mol. The fraction of sp³-hybridized carbons (Fsp3) is 0.355. The molecule has 0 aliphatic rings. The van der Waals surface area contributed by atoms with E-state index in [1.807, 2.05) is 40.9 Å². The first kappa shape index (κ1) is 32.5. The van der Waals surface area contributed by atoms with Gasteiger partial charge >= 0.3 is 0 Å². The first-order valence-electron chi connectivity index (χ1n) is 13.3. The summed E-state index contributed by atoms with van der Waals surface area (Å²) < 4.78 is 29.1. The standard InChI is InChI=1S/C31H38ClN3O4S2/c1-7-28(30(37)33-31(3,4)5)34(20-23-10-12-24(32)13-11-23)29(36)21-35(25-14-8-22(2)9-15-25)41(38,39)27-18-16-26(40-6)17-19-27/h8-19,28H,7,20-21H2,1-6H3,(H,33,37). The van der Waals surface area contributed by atoms with Gasteiger partial charge in [0.05, 0.1) is 10.6 Å². The largest absolute Gasteiger partial charge is 0.350 e. The van der Waals surface area contributed by atoms with Crippen molar-refractivity contribution in [1.29, 1.82) is 0 Å². The van der Waals surface area contributed by atoms with Gasteiger partial charge in [-0.2, -0.15) is 0 Å². The number of halogens is 1. The Balaban J connectivity index is 2.06. The Morgan fingerprint density at radius 2 is 1.54 bits per heavy atom. The van der Waals surface area contributed by atoms with Gasteiger partial charge in [0.25, 0.3) is 10.0 Å². The summed E-state index contributed by atoms with van der Waals surface area (Å²) in [5.74, 6) is -0.805. The zero-order valence-corrected chi connectivity index (χ0v) is 26.7. The molecule has 3 aromatic carbocycles. The van der Waals surface area contributed by atoms with Gasteiger partial charge < -0.3 is 10.2 Å². The third kappa shape index (κ3) is 8.74. The van der Waals surface area contributed by atoms with Crippen LogP contribution in [0.1, 0.15) is 45.2 Å². The highest BCUT2D eigenvalue weighted by molar-refractivity contribution is 7.98. The summed E-state index contributed by atoms with van der Waals surface area (Å²) in [5, 5.41) is 3.52. The number of nitrogens with one attached hydrogen (secondary N) is 1. The summed E-state index contributed by atoms with van der Waals surface area (Å²) in [6.07, 6.45) is 2.25. The van der Waals surface area contributed by atoms with Crippen LogP contribution in [0.2, 0.25) is 5.02 Å². The second kappa shape index (κ2) is 13.8. The normalized spacial score (nSPS) is 12.5. The van der Waals surface area contributed by atoms with Crippen molar-refractivity contribution >= 4 is 50.9 Å². The highest BCUT2D eigenvalue weighted by Gasteiger charge is 2.34. The summed E-state index contributed by atoms with van der Waals surface area (Å²) in [4.78, 5) is 30.0. The van der Waals surface area contributed by atoms with Gasteiger partial charge in [0.2, 0.25) is 11.8 Å². The van der Waals surface area contributed by atoms with Gasteiger partial charge in [-0.3, -0.25) is 13.9 Å². The molecule has 0 spiro atoms. The molecule has 1 N–H and O–H groups in total. The Labute approximate surface area is 253 Å². The molecule has 7 nitrogen and oxygen atoms in total. The van der Waals surface area contributed by atoms with E-state index >= 15 is 0 Å². The van der Waals surface area contributed by atoms with Crippen molar-refractivity contribution in [1.82, 2.24) is 10.2 Å². The fourth-order valence-electron chi connectivity index (χ4n) is 4.27. The van der Waals surface area contributed by atoms with Gasteiger partial charge in [0.1, 0.15) is 12.6 Å². The van der Waals surface area contributed by atoms with Crippen LogP contribution in [0, 0.1) is 6.92 Å². The first-order valence-corrected chi connectivity index (χ1v) is 16.4. The molecule has 3 rings (SSSR count). The van der Waals surface area contributed by atoms with Crippen molar-refractivity contribution in [3.63, 3.8) is 0 Å². The monoisotopic (exact) mass is 615 g/mol. The molecule has 0 fully saturated rings. The average Bonchev–Trinajstić information content (AvgIpc) is 2.92. The van der Waals surface area contributed by atoms with Crippen molar-refractivity contribution < 1.29 is 18.0 Å². The number of hydrogen-bond acceptors (Lipinski definition) is 5. The lowest BCUT2D eigenvalue weighted by Gasteiger charge is -2.34. The van der Waals surface area contributed by atoms with Gasteiger partial charge in [-0.05, 0) is 94.5 Å². The smallest absolute Gasteiger partial charge is 0.264 e. The van der Waals surface area contributed by atoms with Crippen LogP contribution in [0.5, 0.6) is 0 Å². The van der Waals surface area contributed by atoms with Gasteiger partial charge in [0, 0.05) is 22.0 Å². The van der Waals surface area contributed by atoms with Gasteiger partial charge in [-0.1, -0.05) is 48.4 Å². The molecule has 0 saturated heterocycles. The van der Waals surface area contributed by atoms with E-state index in [0.29, 0.717) is 17.1 Å². The summed E-state index contributed by atoms with van der Waals surface area (Å²) in [6.45, 7) is 8.98.